The van der Waals surface area contributed by atoms with Gasteiger partial charge in [-0.1, -0.05) is 42.5 Å². The van der Waals surface area contributed by atoms with Crippen LogP contribution in [0.25, 0.3) is 0 Å². The van der Waals surface area contributed by atoms with Crippen molar-refractivity contribution in [3.63, 3.8) is 0 Å². The predicted octanol–water partition coefficient (Wildman–Crippen LogP) is 4.43. The summed E-state index contributed by atoms with van der Waals surface area (Å²) < 4.78 is 0. The molecule has 0 bridgehead atoms. The molecule has 0 unspecified atom stereocenters. The van der Waals surface area contributed by atoms with E-state index in [-0.39, 0.29) is 11.8 Å². The molecule has 4 nitrogen and oxygen atoms in total. The molecule has 0 fully saturated rings. The van der Waals surface area contributed by atoms with Crippen LogP contribution in [-0.4, -0.2) is 11.8 Å². The van der Waals surface area contributed by atoms with Crippen molar-refractivity contribution in [1.29, 1.82) is 0 Å². The Morgan fingerprint density at radius 1 is 0.731 bits per heavy atom. The van der Waals surface area contributed by atoms with Crippen molar-refractivity contribution in [2.75, 3.05) is 10.6 Å². The number of carbonyl (C=O) groups excluding carboxylic acids is 2. The van der Waals surface area contributed by atoms with E-state index in [0.717, 1.165) is 11.1 Å². The molecule has 0 atom stereocenters. The summed E-state index contributed by atoms with van der Waals surface area (Å²) in [7, 11) is 0. The molecule has 3 aromatic carbocycles. The minimum Gasteiger partial charge on any atom is -0.326 e. The van der Waals surface area contributed by atoms with Gasteiger partial charge in [-0.25, -0.2) is 0 Å². The van der Waals surface area contributed by atoms with Gasteiger partial charge in [0, 0.05) is 16.9 Å². The molecule has 0 radical (unpaired) electrons. The van der Waals surface area contributed by atoms with Gasteiger partial charge in [0.25, 0.3) is 5.91 Å². The van der Waals surface area contributed by atoms with E-state index in [1.54, 1.807) is 36.4 Å². The lowest BCUT2D eigenvalue weighted by Gasteiger charge is -2.09. The molecule has 0 aliphatic heterocycles. The van der Waals surface area contributed by atoms with Crippen molar-refractivity contribution in [2.45, 2.75) is 13.3 Å². The number of nitrogens with one attached hydrogen (secondary N) is 2. The first-order valence-electron chi connectivity index (χ1n) is 8.42. The molecular formula is C22H20N2O2. The second-order valence-electron chi connectivity index (χ2n) is 6.05. The Morgan fingerprint density at radius 2 is 1.31 bits per heavy atom. The van der Waals surface area contributed by atoms with Crippen LogP contribution in [0.3, 0.4) is 0 Å². The molecule has 0 spiro atoms. The third kappa shape index (κ3) is 4.57. The van der Waals surface area contributed by atoms with Crippen LogP contribution in [0.15, 0.2) is 78.9 Å². The summed E-state index contributed by atoms with van der Waals surface area (Å²) in [6.45, 7) is 1.99. The number of anilines is 2. The van der Waals surface area contributed by atoms with E-state index in [2.05, 4.69) is 10.6 Å². The Labute approximate surface area is 152 Å². The molecule has 3 rings (SSSR count). The monoisotopic (exact) mass is 344 g/mol. The summed E-state index contributed by atoms with van der Waals surface area (Å²) in [6.07, 6.45) is 0.333. The van der Waals surface area contributed by atoms with Crippen molar-refractivity contribution in [3.05, 3.63) is 95.6 Å². The van der Waals surface area contributed by atoms with Crippen molar-refractivity contribution in [2.24, 2.45) is 0 Å². The van der Waals surface area contributed by atoms with E-state index in [1.165, 1.54) is 0 Å². The average Bonchev–Trinajstić information content (AvgIpc) is 2.66. The summed E-state index contributed by atoms with van der Waals surface area (Å²) in [5.41, 5.74) is 4.08. The predicted molar refractivity (Wildman–Crippen MR) is 104 cm³/mol. The lowest BCUT2D eigenvalue weighted by atomic mass is 10.1. The minimum atomic E-state index is -0.165. The zero-order chi connectivity index (χ0) is 18.4. The second kappa shape index (κ2) is 8.12. The summed E-state index contributed by atoms with van der Waals surface area (Å²) in [6, 6.07) is 23.9. The van der Waals surface area contributed by atoms with Crippen molar-refractivity contribution >= 4 is 23.2 Å². The fourth-order valence-corrected chi connectivity index (χ4v) is 2.62. The van der Waals surface area contributed by atoms with Crippen LogP contribution in [0.4, 0.5) is 11.4 Å². The normalized spacial score (nSPS) is 10.2. The number of hydrogen-bond donors (Lipinski definition) is 2. The van der Waals surface area contributed by atoms with Gasteiger partial charge in [-0.05, 0) is 54.4 Å². The molecule has 26 heavy (non-hydrogen) atoms. The van der Waals surface area contributed by atoms with Gasteiger partial charge in [-0.15, -0.1) is 0 Å². The van der Waals surface area contributed by atoms with Gasteiger partial charge < -0.3 is 10.6 Å². The van der Waals surface area contributed by atoms with E-state index >= 15 is 0 Å². The zero-order valence-corrected chi connectivity index (χ0v) is 14.5. The number of benzene rings is 3. The largest absolute Gasteiger partial charge is 0.326 e. The Bertz CT molecular complexity index is 903. The number of aryl methyl sites for hydroxylation is 1. The first kappa shape index (κ1) is 17.4. The van der Waals surface area contributed by atoms with Crippen LogP contribution in [0.1, 0.15) is 21.5 Å². The molecule has 0 aliphatic rings. The van der Waals surface area contributed by atoms with E-state index in [4.69, 9.17) is 0 Å². The van der Waals surface area contributed by atoms with E-state index < -0.39 is 0 Å². The van der Waals surface area contributed by atoms with Crippen LogP contribution >= 0.6 is 0 Å². The number of carbonyl (C=O) groups is 2. The maximum absolute atomic E-state index is 12.2. The number of amides is 2. The van der Waals surface area contributed by atoms with Crippen LogP contribution < -0.4 is 10.6 Å². The molecule has 2 amide bonds. The molecule has 0 heterocycles. The van der Waals surface area contributed by atoms with Crippen molar-refractivity contribution < 1.29 is 9.59 Å². The van der Waals surface area contributed by atoms with Crippen LogP contribution in [0.2, 0.25) is 0 Å². The highest BCUT2D eigenvalue weighted by Crippen LogP contribution is 2.16. The molecule has 0 saturated carbocycles. The van der Waals surface area contributed by atoms with E-state index in [0.29, 0.717) is 23.4 Å². The van der Waals surface area contributed by atoms with Gasteiger partial charge >= 0.3 is 0 Å². The molecule has 0 aromatic heterocycles. The first-order valence-corrected chi connectivity index (χ1v) is 8.42. The fourth-order valence-electron chi connectivity index (χ4n) is 2.62. The quantitative estimate of drug-likeness (QED) is 0.719. The number of hydrogen-bond acceptors (Lipinski definition) is 2. The lowest BCUT2D eigenvalue weighted by molar-refractivity contribution is -0.115. The average molecular weight is 344 g/mol. The van der Waals surface area contributed by atoms with Crippen molar-refractivity contribution in [3.8, 4) is 0 Å². The minimum absolute atomic E-state index is 0.0691. The highest BCUT2D eigenvalue weighted by molar-refractivity contribution is 6.04. The highest BCUT2D eigenvalue weighted by Gasteiger charge is 2.07. The van der Waals surface area contributed by atoms with E-state index in [1.807, 2.05) is 49.4 Å². The Balaban J connectivity index is 1.58. The Morgan fingerprint density at radius 3 is 1.96 bits per heavy atom. The second-order valence-corrected chi connectivity index (χ2v) is 6.05. The third-order valence-electron chi connectivity index (χ3n) is 4.07. The van der Waals surface area contributed by atoms with E-state index in [9.17, 15) is 9.59 Å². The zero-order valence-electron chi connectivity index (χ0n) is 14.5. The highest BCUT2D eigenvalue weighted by atomic mass is 16.2. The summed E-state index contributed by atoms with van der Waals surface area (Å²) >= 11 is 0. The summed E-state index contributed by atoms with van der Waals surface area (Å²) in [4.78, 5) is 24.3. The smallest absolute Gasteiger partial charge is 0.255 e. The SMILES string of the molecule is Cc1ccccc1CC(=O)Nc1ccc(NC(=O)c2ccccc2)cc1. The molecule has 2 N–H and O–H groups in total. The van der Waals surface area contributed by atoms with Gasteiger partial charge in [0.2, 0.25) is 5.91 Å². The van der Waals surface area contributed by atoms with Gasteiger partial charge in [-0.3, -0.25) is 9.59 Å². The molecule has 130 valence electrons. The Hall–Kier alpha value is -3.40. The summed E-state index contributed by atoms with van der Waals surface area (Å²) in [5, 5.41) is 5.71. The maximum atomic E-state index is 12.2. The standard InChI is InChI=1S/C22H20N2O2/c1-16-7-5-6-10-18(16)15-21(25)23-19-11-13-20(14-12-19)24-22(26)17-8-3-2-4-9-17/h2-14H,15H2,1H3,(H,23,25)(H,24,26). The van der Waals surface area contributed by atoms with Crippen molar-refractivity contribution in [1.82, 2.24) is 0 Å². The first-order chi connectivity index (χ1) is 12.6. The van der Waals surface area contributed by atoms with Crippen LogP contribution in [0.5, 0.6) is 0 Å². The number of rotatable bonds is 5. The Kier molecular flexibility index (Phi) is 5.44. The maximum Gasteiger partial charge on any atom is 0.255 e. The molecule has 0 aliphatic carbocycles. The topological polar surface area (TPSA) is 58.2 Å². The van der Waals surface area contributed by atoms with Gasteiger partial charge in [0.05, 0.1) is 6.42 Å². The molecule has 3 aromatic rings. The summed E-state index contributed by atoms with van der Waals surface area (Å²) in [5.74, 6) is -0.234. The van der Waals surface area contributed by atoms with Gasteiger partial charge in [-0.2, -0.15) is 0 Å². The van der Waals surface area contributed by atoms with Crippen LogP contribution in [-0.2, 0) is 11.2 Å². The van der Waals surface area contributed by atoms with Gasteiger partial charge in [0.15, 0.2) is 0 Å². The van der Waals surface area contributed by atoms with Crippen LogP contribution in [0, 0.1) is 6.92 Å². The molecular weight excluding hydrogens is 324 g/mol. The fraction of sp³-hybridized carbons (Fsp3) is 0.0909. The molecule has 4 heteroatoms. The van der Waals surface area contributed by atoms with Gasteiger partial charge in [0.1, 0.15) is 0 Å². The third-order valence-corrected chi connectivity index (χ3v) is 4.07. The lowest BCUT2D eigenvalue weighted by Crippen LogP contribution is -2.15. The molecule has 0 saturated heterocycles.